The van der Waals surface area contributed by atoms with Crippen LogP contribution in [0.1, 0.15) is 12.0 Å². The summed E-state index contributed by atoms with van der Waals surface area (Å²) in [5.74, 6) is 1.56. The minimum Gasteiger partial charge on any atom is -0.393 e. The lowest BCUT2D eigenvalue weighted by molar-refractivity contribution is 0.759. The van der Waals surface area contributed by atoms with E-state index >= 15 is 0 Å². The van der Waals surface area contributed by atoms with E-state index in [1.54, 1.807) is 6.33 Å². The number of benzene rings is 1. The van der Waals surface area contributed by atoms with Crippen LogP contribution >= 0.6 is 0 Å². The molecule has 0 fully saturated rings. The van der Waals surface area contributed by atoms with Gasteiger partial charge < -0.3 is 15.5 Å². The van der Waals surface area contributed by atoms with Gasteiger partial charge in [0.1, 0.15) is 12.0 Å². The Balaban J connectivity index is 2.09. The molecule has 5 heteroatoms. The topological polar surface area (TPSA) is 58.3 Å². The summed E-state index contributed by atoms with van der Waals surface area (Å²) in [6.07, 6.45) is 3.80. The maximum atomic E-state index is 6.26. The van der Waals surface area contributed by atoms with Gasteiger partial charge in [0.25, 0.3) is 0 Å². The average Bonchev–Trinajstić information content (AvgIpc) is 2.47. The number of nitrogens with two attached hydrogens (primary N) is 1. The molecule has 1 aliphatic rings. The molecule has 0 saturated carbocycles. The van der Waals surface area contributed by atoms with Crippen LogP contribution in [0.15, 0.2) is 30.6 Å². The first-order chi connectivity index (χ1) is 9.68. The number of aromatic nitrogens is 2. The number of nitrogens with zero attached hydrogens (tertiary/aromatic N) is 4. The summed E-state index contributed by atoms with van der Waals surface area (Å²) in [4.78, 5) is 12.8. The normalized spacial score (nSPS) is 14.0. The van der Waals surface area contributed by atoms with Gasteiger partial charge in [0, 0.05) is 26.3 Å². The van der Waals surface area contributed by atoms with E-state index in [1.165, 1.54) is 11.3 Å². The molecule has 2 heterocycles. The number of hydrogen-bond donors (Lipinski definition) is 1. The molecule has 1 aromatic carbocycles. The lowest BCUT2D eigenvalue weighted by Gasteiger charge is -2.31. The summed E-state index contributed by atoms with van der Waals surface area (Å²) in [6.45, 7) is 0.936. The zero-order valence-electron chi connectivity index (χ0n) is 11.9. The van der Waals surface area contributed by atoms with Gasteiger partial charge in [-0.1, -0.05) is 18.2 Å². The predicted octanol–water partition coefficient (Wildman–Crippen LogP) is 2.21. The smallest absolute Gasteiger partial charge is 0.161 e. The summed E-state index contributed by atoms with van der Waals surface area (Å²) in [5.41, 5.74) is 9.45. The number of anilines is 4. The molecule has 1 aromatic heterocycles. The lowest BCUT2D eigenvalue weighted by Crippen LogP contribution is -2.27. The third-order valence-electron chi connectivity index (χ3n) is 3.63. The van der Waals surface area contributed by atoms with Gasteiger partial charge in [-0.25, -0.2) is 9.97 Å². The van der Waals surface area contributed by atoms with Gasteiger partial charge in [0.05, 0.1) is 0 Å². The van der Waals surface area contributed by atoms with Crippen molar-refractivity contribution in [2.45, 2.75) is 12.8 Å². The van der Waals surface area contributed by atoms with Crippen LogP contribution in [0.4, 0.5) is 23.0 Å². The molecule has 2 N–H and O–H groups in total. The van der Waals surface area contributed by atoms with Gasteiger partial charge in [0.2, 0.25) is 0 Å². The molecule has 20 heavy (non-hydrogen) atoms. The molecule has 104 valence electrons. The molecular formula is C15H19N5. The van der Waals surface area contributed by atoms with E-state index in [0.717, 1.165) is 31.0 Å². The zero-order chi connectivity index (χ0) is 14.1. The molecule has 0 saturated heterocycles. The fourth-order valence-corrected chi connectivity index (χ4v) is 2.70. The van der Waals surface area contributed by atoms with E-state index in [4.69, 9.17) is 5.73 Å². The van der Waals surface area contributed by atoms with Gasteiger partial charge in [-0.05, 0) is 24.5 Å². The van der Waals surface area contributed by atoms with Crippen LogP contribution in [-0.4, -0.2) is 30.6 Å². The van der Waals surface area contributed by atoms with E-state index in [-0.39, 0.29) is 0 Å². The van der Waals surface area contributed by atoms with Gasteiger partial charge in [-0.3, -0.25) is 0 Å². The van der Waals surface area contributed by atoms with E-state index < -0.39 is 0 Å². The first-order valence-electron chi connectivity index (χ1n) is 6.81. The van der Waals surface area contributed by atoms with Crippen LogP contribution in [-0.2, 0) is 6.42 Å². The Labute approximate surface area is 119 Å². The van der Waals surface area contributed by atoms with Crippen molar-refractivity contribution in [2.75, 3.05) is 36.2 Å². The van der Waals surface area contributed by atoms with Crippen molar-refractivity contribution < 1.29 is 0 Å². The maximum absolute atomic E-state index is 6.26. The second kappa shape index (κ2) is 5.00. The summed E-state index contributed by atoms with van der Waals surface area (Å²) < 4.78 is 0. The third-order valence-corrected chi connectivity index (χ3v) is 3.63. The highest BCUT2D eigenvalue weighted by Gasteiger charge is 2.22. The van der Waals surface area contributed by atoms with Crippen molar-refractivity contribution in [2.24, 2.45) is 0 Å². The Morgan fingerprint density at radius 2 is 2.00 bits per heavy atom. The SMILES string of the molecule is CN(C)c1ncnc(N2CCCc3ccccc32)c1N. The minimum atomic E-state index is 0.634. The molecule has 0 bridgehead atoms. The molecule has 0 spiro atoms. The largest absolute Gasteiger partial charge is 0.393 e. The highest BCUT2D eigenvalue weighted by molar-refractivity contribution is 5.80. The van der Waals surface area contributed by atoms with Crippen molar-refractivity contribution in [1.82, 2.24) is 9.97 Å². The number of para-hydroxylation sites is 1. The average molecular weight is 269 g/mol. The van der Waals surface area contributed by atoms with Crippen LogP contribution in [0.25, 0.3) is 0 Å². The van der Waals surface area contributed by atoms with Crippen LogP contribution in [0.2, 0.25) is 0 Å². The first-order valence-corrected chi connectivity index (χ1v) is 6.81. The minimum absolute atomic E-state index is 0.634. The molecule has 0 aliphatic carbocycles. The predicted molar refractivity (Wildman–Crippen MR) is 82.5 cm³/mol. The molecule has 0 unspecified atom stereocenters. The second-order valence-corrected chi connectivity index (χ2v) is 5.21. The van der Waals surface area contributed by atoms with Gasteiger partial charge in [-0.2, -0.15) is 0 Å². The Bertz CT molecular complexity index is 623. The van der Waals surface area contributed by atoms with E-state index in [9.17, 15) is 0 Å². The summed E-state index contributed by atoms with van der Waals surface area (Å²) >= 11 is 0. The molecule has 0 radical (unpaired) electrons. The van der Waals surface area contributed by atoms with Crippen molar-refractivity contribution >= 4 is 23.0 Å². The summed E-state index contributed by atoms with van der Waals surface area (Å²) in [6, 6.07) is 8.44. The molecule has 5 nitrogen and oxygen atoms in total. The fraction of sp³-hybridized carbons (Fsp3) is 0.333. The highest BCUT2D eigenvalue weighted by Crippen LogP contribution is 2.37. The number of hydrogen-bond acceptors (Lipinski definition) is 5. The van der Waals surface area contributed by atoms with E-state index in [1.807, 2.05) is 19.0 Å². The maximum Gasteiger partial charge on any atom is 0.161 e. The quantitative estimate of drug-likeness (QED) is 0.905. The Hall–Kier alpha value is -2.30. The molecule has 1 aliphatic heterocycles. The van der Waals surface area contributed by atoms with Gasteiger partial charge in [0.15, 0.2) is 11.6 Å². The second-order valence-electron chi connectivity index (χ2n) is 5.21. The Morgan fingerprint density at radius 3 is 2.80 bits per heavy atom. The Morgan fingerprint density at radius 1 is 1.20 bits per heavy atom. The van der Waals surface area contributed by atoms with Crippen molar-refractivity contribution in [3.05, 3.63) is 36.2 Å². The fourth-order valence-electron chi connectivity index (χ4n) is 2.70. The number of nitrogen functional groups attached to an aromatic ring is 1. The van der Waals surface area contributed by atoms with Crippen molar-refractivity contribution in [3.63, 3.8) is 0 Å². The van der Waals surface area contributed by atoms with Gasteiger partial charge >= 0.3 is 0 Å². The zero-order valence-corrected chi connectivity index (χ0v) is 11.9. The van der Waals surface area contributed by atoms with Crippen LogP contribution in [0, 0.1) is 0 Å². The van der Waals surface area contributed by atoms with Crippen LogP contribution in [0.5, 0.6) is 0 Å². The van der Waals surface area contributed by atoms with Crippen LogP contribution < -0.4 is 15.5 Å². The number of fused-ring (bicyclic) bond motifs is 1. The van der Waals surface area contributed by atoms with Crippen LogP contribution in [0.3, 0.4) is 0 Å². The molecule has 3 rings (SSSR count). The molecular weight excluding hydrogens is 250 g/mol. The summed E-state index contributed by atoms with van der Waals surface area (Å²) in [7, 11) is 3.87. The highest BCUT2D eigenvalue weighted by atomic mass is 15.2. The number of rotatable bonds is 2. The standard InChI is InChI=1S/C15H19N5/c1-19(2)14-13(16)15(18-10-17-14)20-9-5-7-11-6-3-4-8-12(11)20/h3-4,6,8,10H,5,7,9,16H2,1-2H3. The molecule has 0 atom stereocenters. The number of aryl methyl sites for hydroxylation is 1. The van der Waals surface area contributed by atoms with E-state index in [2.05, 4.69) is 39.1 Å². The Kier molecular flexibility index (Phi) is 3.18. The van der Waals surface area contributed by atoms with Crippen molar-refractivity contribution in [3.8, 4) is 0 Å². The third kappa shape index (κ3) is 2.05. The summed E-state index contributed by atoms with van der Waals surface area (Å²) in [5, 5.41) is 0. The van der Waals surface area contributed by atoms with Gasteiger partial charge in [-0.15, -0.1) is 0 Å². The first kappa shape index (κ1) is 12.7. The van der Waals surface area contributed by atoms with Crippen molar-refractivity contribution in [1.29, 1.82) is 0 Å². The monoisotopic (exact) mass is 269 g/mol. The molecule has 0 amide bonds. The molecule has 2 aromatic rings. The van der Waals surface area contributed by atoms with E-state index in [0.29, 0.717) is 5.69 Å². The lowest BCUT2D eigenvalue weighted by atomic mass is 10.0.